The number of carboxylic acids is 1. The van der Waals surface area contributed by atoms with Gasteiger partial charge in [-0.25, -0.2) is 0 Å². The van der Waals surface area contributed by atoms with Gasteiger partial charge in [0.2, 0.25) is 0 Å². The van der Waals surface area contributed by atoms with Gasteiger partial charge in [0.05, 0.1) is 6.10 Å². The van der Waals surface area contributed by atoms with Crippen LogP contribution in [0.5, 0.6) is 0 Å². The van der Waals surface area contributed by atoms with Crippen LogP contribution >= 0.6 is 0 Å². The molecule has 0 aromatic carbocycles. The van der Waals surface area contributed by atoms with Crippen LogP contribution in [0.2, 0.25) is 0 Å². The van der Waals surface area contributed by atoms with E-state index in [4.69, 9.17) is 5.11 Å². The van der Waals surface area contributed by atoms with Crippen molar-refractivity contribution >= 4 is 5.97 Å². The van der Waals surface area contributed by atoms with Crippen LogP contribution in [0, 0.1) is 0 Å². The van der Waals surface area contributed by atoms with Gasteiger partial charge >= 0.3 is 5.97 Å². The zero-order chi connectivity index (χ0) is 20.7. The Morgan fingerprint density at radius 2 is 0.893 bits per heavy atom. The van der Waals surface area contributed by atoms with Crippen molar-refractivity contribution in [3.8, 4) is 0 Å². The maximum absolute atomic E-state index is 10.4. The highest BCUT2D eigenvalue weighted by molar-refractivity contribution is 5.66. The fraction of sp³-hybridized carbons (Fsp3) is 0.960. The number of unbranched alkanes of at least 4 members (excludes halogenated alkanes) is 17. The third-order valence-electron chi connectivity index (χ3n) is 5.82. The first-order chi connectivity index (χ1) is 13.7. The van der Waals surface area contributed by atoms with Gasteiger partial charge in [-0.1, -0.05) is 122 Å². The van der Waals surface area contributed by atoms with E-state index in [-0.39, 0.29) is 6.10 Å². The second kappa shape index (κ2) is 22.7. The molecular weight excluding hydrogens is 348 g/mol. The Kier molecular flexibility index (Phi) is 22.3. The quantitative estimate of drug-likeness (QED) is 0.171. The van der Waals surface area contributed by atoms with Crippen LogP contribution in [-0.4, -0.2) is 22.3 Å². The van der Waals surface area contributed by atoms with Gasteiger partial charge in [-0.15, -0.1) is 0 Å². The van der Waals surface area contributed by atoms with Crippen molar-refractivity contribution in [3.05, 3.63) is 0 Å². The van der Waals surface area contributed by atoms with E-state index < -0.39 is 5.97 Å². The van der Waals surface area contributed by atoms with Crippen molar-refractivity contribution < 1.29 is 15.0 Å². The normalized spacial score (nSPS) is 12.4. The molecule has 1 atom stereocenters. The standard InChI is InChI=1S/C25H50O3/c1-2-3-18-21-24(26)22-19-16-14-12-10-8-6-4-5-7-9-11-13-15-17-20-23-25(27)28/h24,26H,2-23H2,1H3,(H,27,28). The highest BCUT2D eigenvalue weighted by Crippen LogP contribution is 2.15. The summed E-state index contributed by atoms with van der Waals surface area (Å²) in [6.45, 7) is 2.21. The van der Waals surface area contributed by atoms with Crippen LogP contribution in [-0.2, 0) is 4.79 Å². The first kappa shape index (κ1) is 27.4. The summed E-state index contributed by atoms with van der Waals surface area (Å²) < 4.78 is 0. The number of aliphatic hydroxyl groups excluding tert-OH is 1. The molecule has 0 aliphatic carbocycles. The number of aliphatic hydroxyl groups is 1. The van der Waals surface area contributed by atoms with Crippen LogP contribution in [0.25, 0.3) is 0 Å². The van der Waals surface area contributed by atoms with E-state index in [9.17, 15) is 9.90 Å². The second-order valence-corrected chi connectivity index (χ2v) is 8.74. The van der Waals surface area contributed by atoms with Crippen molar-refractivity contribution in [2.24, 2.45) is 0 Å². The van der Waals surface area contributed by atoms with Crippen LogP contribution in [0.1, 0.15) is 148 Å². The summed E-state index contributed by atoms with van der Waals surface area (Å²) in [5, 5.41) is 18.5. The molecule has 0 aromatic heterocycles. The minimum atomic E-state index is -0.659. The molecule has 0 rings (SSSR count). The Labute approximate surface area is 175 Å². The number of carboxylic acid groups (broad SMARTS) is 1. The van der Waals surface area contributed by atoms with E-state index in [1.807, 2.05) is 0 Å². The van der Waals surface area contributed by atoms with Gasteiger partial charge in [0.1, 0.15) is 0 Å². The molecule has 0 bridgehead atoms. The number of rotatable bonds is 23. The Hall–Kier alpha value is -0.570. The predicted molar refractivity (Wildman–Crippen MR) is 121 cm³/mol. The van der Waals surface area contributed by atoms with Gasteiger partial charge in [0, 0.05) is 6.42 Å². The average molecular weight is 399 g/mol. The SMILES string of the molecule is CCCCCC(O)CCCCCCCCCCCCCCCCCCC(=O)O. The summed E-state index contributed by atoms with van der Waals surface area (Å²) in [4.78, 5) is 10.4. The van der Waals surface area contributed by atoms with E-state index in [0.29, 0.717) is 6.42 Å². The topological polar surface area (TPSA) is 57.5 Å². The highest BCUT2D eigenvalue weighted by atomic mass is 16.4. The Bertz CT molecular complexity index is 317. The maximum atomic E-state index is 10.4. The molecule has 3 heteroatoms. The fourth-order valence-electron chi connectivity index (χ4n) is 3.91. The molecule has 3 nitrogen and oxygen atoms in total. The summed E-state index contributed by atoms with van der Waals surface area (Å²) >= 11 is 0. The Morgan fingerprint density at radius 1 is 0.571 bits per heavy atom. The predicted octanol–water partition coefficient (Wildman–Crippen LogP) is 8.03. The molecule has 0 spiro atoms. The Balaban J connectivity index is 3.07. The van der Waals surface area contributed by atoms with Crippen molar-refractivity contribution in [1.82, 2.24) is 0 Å². The largest absolute Gasteiger partial charge is 0.481 e. The summed E-state index contributed by atoms with van der Waals surface area (Å²) in [6.07, 6.45) is 26.6. The third kappa shape index (κ3) is 23.5. The molecule has 0 fully saturated rings. The van der Waals surface area contributed by atoms with Gasteiger partial charge in [-0.2, -0.15) is 0 Å². The van der Waals surface area contributed by atoms with Crippen LogP contribution in [0.3, 0.4) is 0 Å². The summed E-state index contributed by atoms with van der Waals surface area (Å²) in [5.41, 5.74) is 0. The molecule has 0 amide bonds. The van der Waals surface area contributed by atoms with Crippen molar-refractivity contribution in [2.45, 2.75) is 154 Å². The van der Waals surface area contributed by atoms with Gasteiger partial charge in [-0.05, 0) is 19.3 Å². The molecule has 0 aliphatic rings. The lowest BCUT2D eigenvalue weighted by atomic mass is 10.0. The smallest absolute Gasteiger partial charge is 0.303 e. The van der Waals surface area contributed by atoms with E-state index in [1.54, 1.807) is 0 Å². The molecule has 1 unspecified atom stereocenters. The van der Waals surface area contributed by atoms with E-state index in [2.05, 4.69) is 6.92 Å². The minimum absolute atomic E-state index is 0.0523. The molecule has 0 radical (unpaired) electrons. The lowest BCUT2D eigenvalue weighted by molar-refractivity contribution is -0.137. The molecule has 0 saturated heterocycles. The van der Waals surface area contributed by atoms with Crippen molar-refractivity contribution in [1.29, 1.82) is 0 Å². The van der Waals surface area contributed by atoms with Crippen LogP contribution < -0.4 is 0 Å². The number of aliphatic carboxylic acids is 1. The van der Waals surface area contributed by atoms with Gasteiger partial charge in [0.25, 0.3) is 0 Å². The minimum Gasteiger partial charge on any atom is -0.481 e. The molecule has 0 aliphatic heterocycles. The summed E-state index contributed by atoms with van der Waals surface area (Å²) in [7, 11) is 0. The monoisotopic (exact) mass is 398 g/mol. The fourth-order valence-corrected chi connectivity index (χ4v) is 3.91. The van der Waals surface area contributed by atoms with E-state index in [0.717, 1.165) is 25.7 Å². The number of hydrogen-bond donors (Lipinski definition) is 2. The summed E-state index contributed by atoms with van der Waals surface area (Å²) in [6, 6.07) is 0. The van der Waals surface area contributed by atoms with Crippen LogP contribution in [0.4, 0.5) is 0 Å². The summed E-state index contributed by atoms with van der Waals surface area (Å²) in [5.74, 6) is -0.659. The van der Waals surface area contributed by atoms with E-state index >= 15 is 0 Å². The van der Waals surface area contributed by atoms with E-state index in [1.165, 1.54) is 109 Å². The maximum Gasteiger partial charge on any atom is 0.303 e. The molecule has 0 saturated carbocycles. The lowest BCUT2D eigenvalue weighted by Gasteiger charge is -2.09. The van der Waals surface area contributed by atoms with Crippen LogP contribution in [0.15, 0.2) is 0 Å². The zero-order valence-electron chi connectivity index (χ0n) is 18.9. The third-order valence-corrected chi connectivity index (χ3v) is 5.82. The molecule has 2 N–H and O–H groups in total. The molecule has 0 heterocycles. The lowest BCUT2D eigenvalue weighted by Crippen LogP contribution is -2.05. The zero-order valence-corrected chi connectivity index (χ0v) is 18.9. The first-order valence-corrected chi connectivity index (χ1v) is 12.6. The Morgan fingerprint density at radius 3 is 1.25 bits per heavy atom. The van der Waals surface area contributed by atoms with Gasteiger partial charge in [-0.3, -0.25) is 4.79 Å². The van der Waals surface area contributed by atoms with Gasteiger partial charge in [0.15, 0.2) is 0 Å². The second-order valence-electron chi connectivity index (χ2n) is 8.74. The van der Waals surface area contributed by atoms with Crippen molar-refractivity contribution in [2.75, 3.05) is 0 Å². The van der Waals surface area contributed by atoms with Gasteiger partial charge < -0.3 is 10.2 Å². The average Bonchev–Trinajstić information content (AvgIpc) is 2.67. The van der Waals surface area contributed by atoms with Crippen molar-refractivity contribution in [3.63, 3.8) is 0 Å². The molecular formula is C25H50O3. The first-order valence-electron chi connectivity index (χ1n) is 12.6. The number of hydrogen-bond acceptors (Lipinski definition) is 2. The molecule has 168 valence electrons. The highest BCUT2D eigenvalue weighted by Gasteiger charge is 2.03. The number of carbonyl (C=O) groups is 1. The molecule has 28 heavy (non-hydrogen) atoms. The molecule has 0 aromatic rings.